The quantitative estimate of drug-likeness (QED) is 0.754. The van der Waals surface area contributed by atoms with E-state index >= 15 is 0 Å². The third-order valence-electron chi connectivity index (χ3n) is 4.88. The lowest BCUT2D eigenvalue weighted by atomic mass is 9.74. The smallest absolute Gasteiger partial charge is 0.305 e. The van der Waals surface area contributed by atoms with E-state index in [1.165, 1.54) is 28.6 Å². The minimum atomic E-state index is -3.69. The highest BCUT2D eigenvalue weighted by atomic mass is 32.2. The molecule has 3 rings (SSSR count). The van der Waals surface area contributed by atoms with E-state index in [2.05, 4.69) is 5.32 Å². The lowest BCUT2D eigenvalue weighted by Gasteiger charge is -2.41. The normalized spacial score (nSPS) is 20.2. The van der Waals surface area contributed by atoms with Crippen LogP contribution >= 0.6 is 0 Å². The lowest BCUT2D eigenvalue weighted by Crippen LogP contribution is -2.54. The maximum atomic E-state index is 12.7. The topological polar surface area (TPSA) is 113 Å². The maximum absolute atomic E-state index is 12.7. The van der Waals surface area contributed by atoms with Crippen LogP contribution in [0.4, 0.5) is 0 Å². The van der Waals surface area contributed by atoms with Gasteiger partial charge in [0.1, 0.15) is 0 Å². The van der Waals surface area contributed by atoms with Crippen molar-refractivity contribution in [3.8, 4) is 0 Å². The number of sulfonamides is 1. The van der Waals surface area contributed by atoms with E-state index in [0.29, 0.717) is 26.1 Å². The Morgan fingerprint density at radius 2 is 1.92 bits per heavy atom. The van der Waals surface area contributed by atoms with Crippen LogP contribution in [0.25, 0.3) is 0 Å². The minimum absolute atomic E-state index is 0.0490. The van der Waals surface area contributed by atoms with Crippen LogP contribution in [0.5, 0.6) is 0 Å². The highest BCUT2D eigenvalue weighted by Gasteiger charge is 2.40. The molecule has 0 atom stereocenters. The van der Waals surface area contributed by atoms with Gasteiger partial charge in [-0.25, -0.2) is 8.42 Å². The molecule has 0 unspecified atom stereocenters. The summed E-state index contributed by atoms with van der Waals surface area (Å²) < 4.78 is 32.0. The number of carboxylic acid groups (broad SMARTS) is 1. The van der Waals surface area contributed by atoms with Gasteiger partial charge >= 0.3 is 5.97 Å². The molecule has 1 heterocycles. The first-order chi connectivity index (χ1) is 12.3. The molecule has 1 saturated heterocycles. The van der Waals surface area contributed by atoms with Gasteiger partial charge in [0.15, 0.2) is 0 Å². The number of amides is 1. The van der Waals surface area contributed by atoms with E-state index in [0.717, 1.165) is 6.42 Å². The number of hydrogen-bond acceptors (Lipinski definition) is 5. The Morgan fingerprint density at radius 1 is 1.23 bits per heavy atom. The van der Waals surface area contributed by atoms with Crippen molar-refractivity contribution in [2.24, 2.45) is 0 Å². The first kappa shape index (κ1) is 18.8. The molecule has 142 valence electrons. The van der Waals surface area contributed by atoms with Crippen molar-refractivity contribution in [3.63, 3.8) is 0 Å². The summed E-state index contributed by atoms with van der Waals surface area (Å²) in [6, 6.07) is 5.85. The Hall–Kier alpha value is -1.97. The average molecular weight is 382 g/mol. The van der Waals surface area contributed by atoms with E-state index in [1.54, 1.807) is 0 Å². The second-order valence-corrected chi connectivity index (χ2v) is 8.64. The fraction of sp³-hybridized carbons (Fsp3) is 0.529. The Labute approximate surface area is 152 Å². The van der Waals surface area contributed by atoms with E-state index < -0.39 is 27.4 Å². The highest BCUT2D eigenvalue weighted by molar-refractivity contribution is 7.89. The fourth-order valence-electron chi connectivity index (χ4n) is 3.29. The van der Waals surface area contributed by atoms with E-state index in [9.17, 15) is 18.0 Å². The van der Waals surface area contributed by atoms with E-state index in [-0.39, 0.29) is 30.0 Å². The zero-order valence-corrected chi connectivity index (χ0v) is 15.1. The van der Waals surface area contributed by atoms with Crippen molar-refractivity contribution >= 4 is 21.9 Å². The zero-order chi connectivity index (χ0) is 18.8. The number of carbonyl (C=O) groups excluding carboxylic acids is 1. The number of rotatable bonds is 6. The Kier molecular flexibility index (Phi) is 5.31. The number of nitrogens with zero attached hydrogens (tertiary/aromatic N) is 1. The SMILES string of the molecule is O=C(O)CC1(NC(=O)c2cccc(S(=O)(=O)N3CCOCC3)c2)CCC1. The third kappa shape index (κ3) is 3.89. The van der Waals surface area contributed by atoms with Crippen LogP contribution in [0.15, 0.2) is 29.2 Å². The number of hydrogen-bond donors (Lipinski definition) is 2. The van der Waals surface area contributed by atoms with Crippen LogP contribution in [0.2, 0.25) is 0 Å². The summed E-state index contributed by atoms with van der Waals surface area (Å²) in [6.45, 7) is 1.25. The number of morpholine rings is 1. The first-order valence-corrected chi connectivity index (χ1v) is 9.99. The monoisotopic (exact) mass is 382 g/mol. The van der Waals surface area contributed by atoms with Crippen LogP contribution in [0.1, 0.15) is 36.0 Å². The number of aliphatic carboxylic acids is 1. The van der Waals surface area contributed by atoms with Crippen LogP contribution in [0, 0.1) is 0 Å². The summed E-state index contributed by atoms with van der Waals surface area (Å²) in [5, 5.41) is 11.8. The summed E-state index contributed by atoms with van der Waals surface area (Å²) in [7, 11) is -3.69. The van der Waals surface area contributed by atoms with Crippen LogP contribution < -0.4 is 5.32 Å². The summed E-state index contributed by atoms with van der Waals surface area (Å²) >= 11 is 0. The molecule has 1 aromatic rings. The summed E-state index contributed by atoms with van der Waals surface area (Å²) in [6.07, 6.45) is 1.94. The second kappa shape index (κ2) is 7.34. The lowest BCUT2D eigenvalue weighted by molar-refractivity contribution is -0.139. The Balaban J connectivity index is 1.78. The number of carboxylic acids is 1. The van der Waals surface area contributed by atoms with Gasteiger partial charge in [0.2, 0.25) is 10.0 Å². The fourth-order valence-corrected chi connectivity index (χ4v) is 4.74. The van der Waals surface area contributed by atoms with Crippen molar-refractivity contribution in [1.82, 2.24) is 9.62 Å². The molecule has 2 N–H and O–H groups in total. The van der Waals surface area contributed by atoms with Gasteiger partial charge in [0.25, 0.3) is 5.91 Å². The minimum Gasteiger partial charge on any atom is -0.481 e. The van der Waals surface area contributed by atoms with Gasteiger partial charge in [0, 0.05) is 18.7 Å². The molecule has 26 heavy (non-hydrogen) atoms. The second-order valence-electron chi connectivity index (χ2n) is 6.70. The van der Waals surface area contributed by atoms with Crippen molar-refractivity contribution in [2.75, 3.05) is 26.3 Å². The van der Waals surface area contributed by atoms with Gasteiger partial charge in [-0.05, 0) is 37.5 Å². The molecule has 2 fully saturated rings. The molecule has 0 radical (unpaired) electrons. The predicted molar refractivity (Wildman–Crippen MR) is 92.3 cm³/mol. The molecule has 1 amide bonds. The molecular weight excluding hydrogens is 360 g/mol. The van der Waals surface area contributed by atoms with Gasteiger partial charge < -0.3 is 15.2 Å². The molecule has 8 nitrogen and oxygen atoms in total. The van der Waals surface area contributed by atoms with Gasteiger partial charge in [-0.1, -0.05) is 6.07 Å². The predicted octanol–water partition coefficient (Wildman–Crippen LogP) is 0.835. The first-order valence-electron chi connectivity index (χ1n) is 8.55. The molecule has 1 aromatic carbocycles. The van der Waals surface area contributed by atoms with Crippen LogP contribution in [0.3, 0.4) is 0 Å². The molecule has 0 spiro atoms. The molecule has 1 aliphatic heterocycles. The van der Waals surface area contributed by atoms with Gasteiger partial charge in [-0.2, -0.15) is 4.31 Å². The van der Waals surface area contributed by atoms with Crippen molar-refractivity contribution in [3.05, 3.63) is 29.8 Å². The van der Waals surface area contributed by atoms with Gasteiger partial charge in [-0.15, -0.1) is 0 Å². The van der Waals surface area contributed by atoms with Gasteiger partial charge in [-0.3, -0.25) is 9.59 Å². The molecule has 1 aliphatic carbocycles. The standard InChI is InChI=1S/C17H22N2O6S/c20-15(21)12-17(5-2-6-17)18-16(22)13-3-1-4-14(11-13)26(23,24)19-7-9-25-10-8-19/h1,3-4,11H,2,5-10,12H2,(H,18,22)(H,20,21). The van der Waals surface area contributed by atoms with Crippen LogP contribution in [-0.2, 0) is 19.6 Å². The Bertz CT molecular complexity index is 797. The third-order valence-corrected chi connectivity index (χ3v) is 6.78. The molecule has 0 aromatic heterocycles. The molecule has 2 aliphatic rings. The summed E-state index contributed by atoms with van der Waals surface area (Å²) in [5.74, 6) is -1.42. The van der Waals surface area contributed by atoms with Crippen molar-refractivity contribution in [2.45, 2.75) is 36.1 Å². The highest BCUT2D eigenvalue weighted by Crippen LogP contribution is 2.35. The molecular formula is C17H22N2O6S. The van der Waals surface area contributed by atoms with Crippen LogP contribution in [-0.4, -0.2) is 61.5 Å². The van der Waals surface area contributed by atoms with Gasteiger partial charge in [0.05, 0.1) is 30.1 Å². The van der Waals surface area contributed by atoms with E-state index in [1.807, 2.05) is 0 Å². The Morgan fingerprint density at radius 3 is 2.50 bits per heavy atom. The van der Waals surface area contributed by atoms with Crippen molar-refractivity contribution in [1.29, 1.82) is 0 Å². The summed E-state index contributed by atoms with van der Waals surface area (Å²) in [4.78, 5) is 23.6. The molecule has 9 heteroatoms. The number of benzene rings is 1. The maximum Gasteiger partial charge on any atom is 0.305 e. The average Bonchev–Trinajstić information content (AvgIpc) is 2.60. The number of nitrogens with one attached hydrogen (secondary N) is 1. The molecule has 1 saturated carbocycles. The number of ether oxygens (including phenoxy) is 1. The largest absolute Gasteiger partial charge is 0.481 e. The zero-order valence-electron chi connectivity index (χ0n) is 14.3. The van der Waals surface area contributed by atoms with E-state index in [4.69, 9.17) is 9.84 Å². The summed E-state index contributed by atoms with van der Waals surface area (Å²) in [5.41, 5.74) is -0.529. The number of carbonyl (C=O) groups is 2. The van der Waals surface area contributed by atoms with Crippen molar-refractivity contribution < 1.29 is 27.9 Å². The molecule has 0 bridgehead atoms.